The van der Waals surface area contributed by atoms with Crippen LogP contribution in [0, 0.1) is 0 Å². The minimum absolute atomic E-state index is 0. The molecule has 1 saturated heterocycles. The van der Waals surface area contributed by atoms with Crippen LogP contribution in [0.25, 0.3) is 0 Å². The summed E-state index contributed by atoms with van der Waals surface area (Å²) in [6.45, 7) is 3.38. The van der Waals surface area contributed by atoms with Gasteiger partial charge in [0.15, 0.2) is 5.96 Å². The molecular formula is C15H28IN5OS. The van der Waals surface area contributed by atoms with Gasteiger partial charge in [-0.05, 0) is 24.9 Å². The van der Waals surface area contributed by atoms with Crippen LogP contribution in [0.4, 0.5) is 0 Å². The minimum atomic E-state index is 0. The summed E-state index contributed by atoms with van der Waals surface area (Å²) in [4.78, 5) is 6.69. The van der Waals surface area contributed by atoms with Gasteiger partial charge in [-0.15, -0.1) is 24.0 Å². The maximum atomic E-state index is 5.88. The number of rotatable bonds is 6. The van der Waals surface area contributed by atoms with E-state index in [0.717, 1.165) is 31.2 Å². The van der Waals surface area contributed by atoms with Gasteiger partial charge in [-0.1, -0.05) is 0 Å². The van der Waals surface area contributed by atoms with Crippen molar-refractivity contribution in [3.05, 3.63) is 18.0 Å². The molecule has 1 aromatic rings. The van der Waals surface area contributed by atoms with E-state index in [0.29, 0.717) is 6.61 Å². The Morgan fingerprint density at radius 2 is 2.35 bits per heavy atom. The molecule has 132 valence electrons. The molecule has 0 amide bonds. The zero-order valence-corrected chi connectivity index (χ0v) is 17.3. The smallest absolute Gasteiger partial charge is 0.193 e. The normalized spacial score (nSPS) is 18.7. The van der Waals surface area contributed by atoms with Crippen LogP contribution in [0.15, 0.2) is 17.4 Å². The summed E-state index contributed by atoms with van der Waals surface area (Å²) >= 11 is 1.90. The summed E-state index contributed by atoms with van der Waals surface area (Å²) in [6.07, 6.45) is 8.54. The fourth-order valence-electron chi connectivity index (χ4n) is 2.55. The second kappa shape index (κ2) is 11.1. The van der Waals surface area contributed by atoms with Crippen molar-refractivity contribution in [3.63, 3.8) is 0 Å². The number of aryl methyl sites for hydroxylation is 1. The maximum Gasteiger partial charge on any atom is 0.193 e. The molecule has 0 spiro atoms. The first-order valence-corrected chi connectivity index (χ1v) is 9.18. The van der Waals surface area contributed by atoms with Crippen LogP contribution < -0.4 is 5.32 Å². The first kappa shape index (κ1) is 20.6. The highest BCUT2D eigenvalue weighted by molar-refractivity contribution is 14.0. The highest BCUT2D eigenvalue weighted by Gasteiger charge is 2.24. The van der Waals surface area contributed by atoms with E-state index in [1.807, 2.05) is 42.9 Å². The fraction of sp³-hybridized carbons (Fsp3) is 0.733. The third kappa shape index (κ3) is 6.50. The Hall–Kier alpha value is -0.480. The number of hydrogen-bond donors (Lipinski definition) is 1. The first-order chi connectivity index (χ1) is 10.7. The van der Waals surface area contributed by atoms with Crippen LogP contribution in [-0.2, 0) is 11.8 Å². The lowest BCUT2D eigenvalue weighted by Gasteiger charge is -2.34. The van der Waals surface area contributed by atoms with Gasteiger partial charge in [-0.25, -0.2) is 0 Å². The second-order valence-corrected chi connectivity index (χ2v) is 6.41. The molecule has 8 heteroatoms. The molecule has 1 aliphatic heterocycles. The van der Waals surface area contributed by atoms with Gasteiger partial charge >= 0.3 is 0 Å². The Morgan fingerprint density at radius 3 is 3.00 bits per heavy atom. The topological polar surface area (TPSA) is 54.7 Å². The van der Waals surface area contributed by atoms with Gasteiger partial charge < -0.3 is 15.0 Å². The molecule has 2 rings (SSSR count). The molecule has 6 nitrogen and oxygen atoms in total. The van der Waals surface area contributed by atoms with Crippen LogP contribution in [0.1, 0.15) is 24.5 Å². The van der Waals surface area contributed by atoms with Crippen molar-refractivity contribution in [1.29, 1.82) is 0 Å². The molecule has 0 saturated carbocycles. The molecule has 1 unspecified atom stereocenters. The van der Waals surface area contributed by atoms with E-state index in [2.05, 4.69) is 26.6 Å². The fourth-order valence-corrected chi connectivity index (χ4v) is 3.05. The lowest BCUT2D eigenvalue weighted by Crippen LogP contribution is -2.48. The number of nitrogens with one attached hydrogen (secondary N) is 1. The zero-order chi connectivity index (χ0) is 15.8. The summed E-state index contributed by atoms with van der Waals surface area (Å²) in [5, 5.41) is 7.70. The molecule has 1 N–H and O–H groups in total. The Kier molecular flexibility index (Phi) is 9.96. The molecule has 1 atom stereocenters. The first-order valence-electron chi connectivity index (χ1n) is 7.79. The van der Waals surface area contributed by atoms with Crippen LogP contribution >= 0.6 is 35.7 Å². The van der Waals surface area contributed by atoms with Crippen molar-refractivity contribution in [3.8, 4) is 0 Å². The van der Waals surface area contributed by atoms with Gasteiger partial charge in [0.05, 0.1) is 19.3 Å². The molecular weight excluding hydrogens is 425 g/mol. The van der Waals surface area contributed by atoms with Gasteiger partial charge in [0.2, 0.25) is 0 Å². The number of aromatic nitrogens is 2. The largest absolute Gasteiger partial charge is 0.370 e. The lowest BCUT2D eigenvalue weighted by atomic mass is 10.1. The number of morpholine rings is 1. The number of halogens is 1. The molecule has 23 heavy (non-hydrogen) atoms. The molecule has 0 aliphatic carbocycles. The molecule has 0 bridgehead atoms. The van der Waals surface area contributed by atoms with Crippen LogP contribution in [0.2, 0.25) is 0 Å². The van der Waals surface area contributed by atoms with Crippen molar-refractivity contribution in [2.45, 2.75) is 18.9 Å². The SMILES string of the molecule is CN=C(NCCCCSC)N1CCOC(c2cnn(C)c2)C1.I. The van der Waals surface area contributed by atoms with E-state index in [9.17, 15) is 0 Å². The Labute approximate surface area is 160 Å². The zero-order valence-electron chi connectivity index (χ0n) is 14.2. The average Bonchev–Trinajstić information content (AvgIpc) is 2.98. The Bertz CT molecular complexity index is 482. The van der Waals surface area contributed by atoms with Crippen molar-refractivity contribution < 1.29 is 4.74 Å². The van der Waals surface area contributed by atoms with Crippen molar-refractivity contribution in [2.24, 2.45) is 12.0 Å². The number of thioether (sulfide) groups is 1. The van der Waals surface area contributed by atoms with E-state index in [1.165, 1.54) is 18.6 Å². The van der Waals surface area contributed by atoms with Crippen molar-refractivity contribution >= 4 is 41.7 Å². The van der Waals surface area contributed by atoms with E-state index in [1.54, 1.807) is 0 Å². The molecule has 1 aromatic heterocycles. The maximum absolute atomic E-state index is 5.88. The molecule has 1 fully saturated rings. The van der Waals surface area contributed by atoms with Gasteiger partial charge in [0.1, 0.15) is 6.10 Å². The summed E-state index contributed by atoms with van der Waals surface area (Å²) in [5.41, 5.74) is 1.13. The van der Waals surface area contributed by atoms with E-state index < -0.39 is 0 Å². The Morgan fingerprint density at radius 1 is 1.52 bits per heavy atom. The third-order valence-electron chi connectivity index (χ3n) is 3.73. The van der Waals surface area contributed by atoms with E-state index in [4.69, 9.17) is 4.74 Å². The average molecular weight is 453 g/mol. The minimum Gasteiger partial charge on any atom is -0.370 e. The van der Waals surface area contributed by atoms with E-state index >= 15 is 0 Å². The lowest BCUT2D eigenvalue weighted by molar-refractivity contribution is -0.00801. The summed E-state index contributed by atoms with van der Waals surface area (Å²) in [7, 11) is 3.78. The number of nitrogens with zero attached hydrogens (tertiary/aromatic N) is 4. The predicted octanol–water partition coefficient (Wildman–Crippen LogP) is 2.13. The second-order valence-electron chi connectivity index (χ2n) is 5.43. The predicted molar refractivity (Wildman–Crippen MR) is 108 cm³/mol. The van der Waals surface area contributed by atoms with Crippen molar-refractivity contribution in [1.82, 2.24) is 20.0 Å². The molecule has 0 aromatic carbocycles. The third-order valence-corrected chi connectivity index (χ3v) is 4.43. The highest BCUT2D eigenvalue weighted by atomic mass is 127. The monoisotopic (exact) mass is 453 g/mol. The quantitative estimate of drug-likeness (QED) is 0.310. The number of unbranched alkanes of at least 4 members (excludes halogenated alkanes) is 1. The standard InChI is InChI=1S/C15H27N5OS.HI/c1-16-15(17-6-4-5-9-22-3)20-7-8-21-14(12-20)13-10-18-19(2)11-13;/h10-11,14H,4-9,12H2,1-3H3,(H,16,17);1H. The summed E-state index contributed by atoms with van der Waals surface area (Å²) in [6, 6.07) is 0. The van der Waals surface area contributed by atoms with Gasteiger partial charge in [-0.3, -0.25) is 9.67 Å². The van der Waals surface area contributed by atoms with Gasteiger partial charge in [0.25, 0.3) is 0 Å². The van der Waals surface area contributed by atoms with Crippen LogP contribution in [-0.4, -0.2) is 65.9 Å². The van der Waals surface area contributed by atoms with Crippen molar-refractivity contribution in [2.75, 3.05) is 45.3 Å². The number of hydrogen-bond acceptors (Lipinski definition) is 4. The molecule has 0 radical (unpaired) electrons. The Balaban J connectivity index is 0.00000264. The molecule has 1 aliphatic rings. The summed E-state index contributed by atoms with van der Waals surface area (Å²) < 4.78 is 7.70. The number of ether oxygens (including phenoxy) is 1. The molecule has 2 heterocycles. The van der Waals surface area contributed by atoms with Gasteiger partial charge in [0, 0.05) is 38.9 Å². The van der Waals surface area contributed by atoms with E-state index in [-0.39, 0.29) is 30.1 Å². The van der Waals surface area contributed by atoms with Crippen LogP contribution in [0.5, 0.6) is 0 Å². The number of guanidine groups is 1. The summed E-state index contributed by atoms with van der Waals surface area (Å²) in [5.74, 6) is 2.20. The van der Waals surface area contributed by atoms with Gasteiger partial charge in [-0.2, -0.15) is 16.9 Å². The highest BCUT2D eigenvalue weighted by Crippen LogP contribution is 2.21. The number of aliphatic imine (C=N–C) groups is 1. The van der Waals surface area contributed by atoms with Crippen LogP contribution in [0.3, 0.4) is 0 Å².